The van der Waals surface area contributed by atoms with E-state index in [1.807, 2.05) is 87.8 Å². The minimum Gasteiger partial charge on any atom is -0.443 e. The van der Waals surface area contributed by atoms with Gasteiger partial charge < -0.3 is 46.7 Å². The van der Waals surface area contributed by atoms with Crippen molar-refractivity contribution in [2.45, 2.75) is 213 Å². The van der Waals surface area contributed by atoms with Crippen molar-refractivity contribution in [2.24, 2.45) is 7.05 Å². The van der Waals surface area contributed by atoms with Crippen LogP contribution >= 0.6 is 47.8 Å². The molecule has 122 heavy (non-hydrogen) atoms. The first-order valence-electron chi connectivity index (χ1n) is 37.8. The first-order valence-corrected chi connectivity index (χ1v) is 45.0. The van der Waals surface area contributed by atoms with Crippen LogP contribution in [0.1, 0.15) is 210 Å². The topological polar surface area (TPSA) is 328 Å². The van der Waals surface area contributed by atoms with Gasteiger partial charge in [-0.3, -0.25) is 19.2 Å². The van der Waals surface area contributed by atoms with Crippen LogP contribution in [0.15, 0.2) is 158 Å². The van der Waals surface area contributed by atoms with Crippen molar-refractivity contribution in [1.29, 1.82) is 0 Å². The molecular formula is C83H102B3Br3F4N4O22S3. The fraction of sp³-hybridized carbons (Fsp3) is 0.434. The molecule has 7 aromatic rings. The monoisotopic (exact) mass is 1950 g/mol. The lowest BCUT2D eigenvalue weighted by atomic mass is 9.49. The van der Waals surface area contributed by atoms with Crippen molar-refractivity contribution < 1.29 is 114 Å². The van der Waals surface area contributed by atoms with Gasteiger partial charge >= 0.3 is 39.4 Å². The van der Waals surface area contributed by atoms with Crippen molar-refractivity contribution >= 4 is 140 Å². The number of ketones is 3. The van der Waals surface area contributed by atoms with Crippen LogP contribution in [0.25, 0.3) is 0 Å². The van der Waals surface area contributed by atoms with Crippen molar-refractivity contribution in [3.63, 3.8) is 0 Å². The Kier molecular flexibility index (Phi) is 33.1. The molecule has 3 aliphatic rings. The van der Waals surface area contributed by atoms with E-state index in [4.69, 9.17) is 42.1 Å². The SMILES string of the molecule is CC(C)(C)OC(=O)NS(=O)(=O)Cc1ccc(C(=O)c2ccc(F)cc2)c(Br)c1.CC1(C)OB(B2OC(C)(C)C(C)(C)O2)OC1(C)C.CN(C(=O)OC(C)(C)C)S(=O)(=O)Cc1ccc(C(=O)c2ccc(F)cc2)c(B2OC(C)(C)C(C)(C)O2)c1.CN(C(=O)OC(C)(C)C)S(=O)(=O)Cc1ccc(C(=O)c2ccc(F)cc2)c(Br)c1.Cn1cc(Br)c(F)cc1=O. The molecule has 6 aromatic carbocycles. The molecule has 4 heterocycles. The molecule has 0 bridgehead atoms. The molecule has 0 atom stereocenters. The minimum absolute atomic E-state index is 0.228. The van der Waals surface area contributed by atoms with E-state index in [-0.39, 0.29) is 50.7 Å². The van der Waals surface area contributed by atoms with Crippen LogP contribution in [0.5, 0.6) is 0 Å². The number of rotatable bonds is 17. The molecule has 26 nitrogen and oxygen atoms in total. The number of carbonyl (C=O) groups excluding carboxylic acids is 6. The van der Waals surface area contributed by atoms with Crippen LogP contribution in [0, 0.1) is 23.3 Å². The number of halogens is 7. The summed E-state index contributed by atoms with van der Waals surface area (Å²) in [6, 6.07) is 29.7. The molecule has 3 aliphatic heterocycles. The Morgan fingerprint density at radius 3 is 1.03 bits per heavy atom. The van der Waals surface area contributed by atoms with Gasteiger partial charge in [0, 0.05) is 75.7 Å². The van der Waals surface area contributed by atoms with E-state index < -0.39 is 144 Å². The zero-order valence-electron chi connectivity index (χ0n) is 72.3. The Labute approximate surface area is 737 Å². The van der Waals surface area contributed by atoms with Crippen molar-refractivity contribution in [2.75, 3.05) is 14.1 Å². The Morgan fingerprint density at radius 2 is 0.721 bits per heavy atom. The summed E-state index contributed by atoms with van der Waals surface area (Å²) in [5.74, 6) is -4.43. The molecule has 3 fully saturated rings. The average Bonchev–Trinajstić information content (AvgIpc) is 1.59. The van der Waals surface area contributed by atoms with Gasteiger partial charge in [-0.1, -0.05) is 62.2 Å². The van der Waals surface area contributed by atoms with Gasteiger partial charge in [-0.25, -0.2) is 70.5 Å². The van der Waals surface area contributed by atoms with E-state index in [1.165, 1.54) is 138 Å². The number of benzene rings is 6. The molecule has 10 rings (SSSR count). The number of ether oxygens (including phenoxy) is 3. The maximum atomic E-state index is 13.4. The van der Waals surface area contributed by atoms with Crippen LogP contribution in [-0.2, 0) is 96.5 Å². The smallest absolute Gasteiger partial charge is 0.443 e. The number of hydrogen-bond acceptors (Lipinski definition) is 22. The van der Waals surface area contributed by atoms with E-state index in [0.29, 0.717) is 66.4 Å². The van der Waals surface area contributed by atoms with Gasteiger partial charge in [-0.15, -0.1) is 0 Å². The molecule has 3 amide bonds. The summed E-state index contributed by atoms with van der Waals surface area (Å²) in [6.45, 7) is 38.3. The van der Waals surface area contributed by atoms with E-state index in [2.05, 4.69) is 47.8 Å². The molecule has 39 heteroatoms. The normalized spacial score (nSPS) is 16.2. The lowest BCUT2D eigenvalue weighted by molar-refractivity contribution is 0.00578. The van der Waals surface area contributed by atoms with E-state index in [9.17, 15) is 76.4 Å². The molecule has 1 N–H and O–H groups in total. The molecule has 0 spiro atoms. The van der Waals surface area contributed by atoms with Crippen LogP contribution in [-0.4, -0.2) is 160 Å². The van der Waals surface area contributed by atoms with E-state index in [0.717, 1.165) is 20.2 Å². The maximum Gasteiger partial charge on any atom is 0.495 e. The first-order chi connectivity index (χ1) is 55.5. The number of carbonyl (C=O) groups is 6. The number of nitrogens with one attached hydrogen (secondary N) is 1. The highest BCUT2D eigenvalue weighted by atomic mass is 79.9. The highest BCUT2D eigenvalue weighted by Gasteiger charge is 2.64. The summed E-state index contributed by atoms with van der Waals surface area (Å²) < 4.78 is 184. The van der Waals surface area contributed by atoms with Crippen LogP contribution < -0.4 is 15.7 Å². The fourth-order valence-corrected chi connectivity index (χ4v) is 15.5. The van der Waals surface area contributed by atoms with Crippen molar-refractivity contribution in [1.82, 2.24) is 17.9 Å². The van der Waals surface area contributed by atoms with E-state index in [1.54, 1.807) is 69.4 Å². The first kappa shape index (κ1) is 103. The largest absolute Gasteiger partial charge is 0.495 e. The standard InChI is InChI=1S/C26H33BFNO7S.C20H21BrFNO5S.C19H19BrFNO5S.C12H24B2O4.C6H5BrFNO/c1-24(2,3)34-23(31)29(8)37(32,33)16-17-9-14-20(22(30)18-10-12-19(28)13-11-18)21(15-17)27-35-25(4,5)26(6,7)36-27;1-20(2,3)28-19(25)23(4)29(26,27)12-13-5-10-16(17(21)11-13)18(24)14-6-8-15(22)9-7-14;1-19(2,3)27-18(24)22-28(25,26)11-12-4-9-15(16(20)10-12)17(23)13-5-7-14(21)8-6-13;1-9(2)10(3,4)16-13(15-9)14-17-11(5,6)12(7,8)18-14;1-9-3-4(7)5(8)2-6(9)10/h9-15H,16H2,1-8H3;5-11H,12H2,1-4H3;4-10H,11H2,1-3H3,(H,22,24);1-8H3;2-3H,1H3. The highest BCUT2D eigenvalue weighted by Crippen LogP contribution is 2.44. The summed E-state index contributed by atoms with van der Waals surface area (Å²) in [5, 5.41) is 0. The van der Waals surface area contributed by atoms with Gasteiger partial charge in [0.1, 0.15) is 40.1 Å². The van der Waals surface area contributed by atoms with E-state index >= 15 is 0 Å². The second kappa shape index (κ2) is 39.3. The predicted octanol–water partition coefficient (Wildman–Crippen LogP) is 16.3. The molecule has 0 radical (unpaired) electrons. The number of nitrogens with zero attached hydrogens (tertiary/aromatic N) is 3. The van der Waals surface area contributed by atoms with Crippen LogP contribution in [0.2, 0.25) is 0 Å². The third-order valence-electron chi connectivity index (χ3n) is 19.5. The minimum atomic E-state index is -4.11. The zero-order valence-corrected chi connectivity index (χ0v) is 79.5. The zero-order chi connectivity index (χ0) is 92.8. The van der Waals surface area contributed by atoms with Gasteiger partial charge in [0.25, 0.3) is 5.56 Å². The molecule has 1 aromatic heterocycles. The fourth-order valence-electron chi connectivity index (χ4n) is 10.8. The quantitative estimate of drug-likeness (QED) is 0.0383. The van der Waals surface area contributed by atoms with Gasteiger partial charge in [0.05, 0.1) is 55.3 Å². The van der Waals surface area contributed by atoms with Crippen molar-refractivity contribution in [3.8, 4) is 0 Å². The summed E-state index contributed by atoms with van der Waals surface area (Å²) in [7, 11) is -10.2. The molecule has 0 unspecified atom stereocenters. The summed E-state index contributed by atoms with van der Waals surface area (Å²) in [4.78, 5) is 85.2. The Bertz CT molecular complexity index is 5380. The van der Waals surface area contributed by atoms with Crippen LogP contribution in [0.4, 0.5) is 31.9 Å². The predicted molar refractivity (Wildman–Crippen MR) is 467 cm³/mol. The van der Waals surface area contributed by atoms with Gasteiger partial charge in [0.15, 0.2) is 17.3 Å². The number of aryl methyl sites for hydroxylation is 1. The lowest BCUT2D eigenvalue weighted by Gasteiger charge is -2.32. The number of hydrogen-bond donors (Lipinski definition) is 1. The maximum absolute atomic E-state index is 13.4. The second-order valence-corrected chi connectivity index (χ2v) is 42.9. The Morgan fingerprint density at radius 1 is 0.426 bits per heavy atom. The number of sulfonamides is 3. The second-order valence-electron chi connectivity index (χ2n) is 34.6. The average molecular weight is 1950 g/mol. The Balaban J connectivity index is 0.000000247. The molecule has 0 aliphatic carbocycles. The third kappa shape index (κ3) is 28.3. The number of aromatic nitrogens is 1. The molecule has 0 saturated carbocycles. The highest BCUT2D eigenvalue weighted by molar-refractivity contribution is 9.11. The van der Waals surface area contributed by atoms with Gasteiger partial charge in [0.2, 0.25) is 30.1 Å². The number of amides is 3. The summed E-state index contributed by atoms with van der Waals surface area (Å²) >= 11 is 9.48. The molecular weight excluding hydrogens is 1850 g/mol. The van der Waals surface area contributed by atoms with Gasteiger partial charge in [-0.05, 0) is 281 Å². The van der Waals surface area contributed by atoms with Gasteiger partial charge in [-0.2, -0.15) is 0 Å². The summed E-state index contributed by atoms with van der Waals surface area (Å²) in [6.07, 6.45) is -1.64. The molecule has 3 saturated heterocycles. The lowest BCUT2D eigenvalue weighted by Crippen LogP contribution is -2.41. The third-order valence-corrected chi connectivity index (χ3v) is 25.9. The van der Waals surface area contributed by atoms with Crippen LogP contribution in [0.3, 0.4) is 0 Å². The molecule has 662 valence electrons. The number of pyridine rings is 1. The summed E-state index contributed by atoms with van der Waals surface area (Å²) in [5.41, 5.74) is -2.67. The Hall–Kier alpha value is -7.95. The van der Waals surface area contributed by atoms with Crippen molar-refractivity contribution in [3.05, 3.63) is 237 Å².